The molecule has 2 rings (SSSR count). The third-order valence-corrected chi connectivity index (χ3v) is 3.99. The van der Waals surface area contributed by atoms with E-state index in [4.69, 9.17) is 28.9 Å². The van der Waals surface area contributed by atoms with E-state index >= 15 is 0 Å². The molecule has 1 unspecified atom stereocenters. The van der Waals surface area contributed by atoms with Gasteiger partial charge in [0.05, 0.1) is 10.7 Å². The first kappa shape index (κ1) is 20.0. The molecule has 0 saturated carbocycles. The predicted molar refractivity (Wildman–Crippen MR) is 95.4 cm³/mol. The largest absolute Gasteiger partial charge is 0.354 e. The van der Waals surface area contributed by atoms with Gasteiger partial charge in [-0.3, -0.25) is 9.59 Å². The van der Waals surface area contributed by atoms with E-state index in [1.54, 1.807) is 18.2 Å². The van der Waals surface area contributed by atoms with E-state index in [1.807, 2.05) is 13.8 Å². The van der Waals surface area contributed by atoms with Crippen molar-refractivity contribution in [1.82, 2.24) is 5.32 Å². The quantitative estimate of drug-likeness (QED) is 0.788. The minimum absolute atomic E-state index is 0. The summed E-state index contributed by atoms with van der Waals surface area (Å²) >= 11 is 12.1. The lowest BCUT2D eigenvalue weighted by molar-refractivity contribution is -0.132. The van der Waals surface area contributed by atoms with Crippen molar-refractivity contribution < 1.29 is 9.59 Å². The van der Waals surface area contributed by atoms with Gasteiger partial charge in [0.15, 0.2) is 0 Å². The van der Waals surface area contributed by atoms with Gasteiger partial charge in [-0.05, 0) is 38.5 Å². The van der Waals surface area contributed by atoms with Gasteiger partial charge in [0.2, 0.25) is 11.8 Å². The SMILES string of the molecule is CC(C)(N)CNC(=O)C1CCN(c2cc(Cl)ccc2Cl)C1=O.Cl. The van der Waals surface area contributed by atoms with E-state index < -0.39 is 11.5 Å². The normalized spacial score (nSPS) is 17.9. The van der Waals surface area contributed by atoms with Crippen LogP contribution >= 0.6 is 35.6 Å². The molecule has 23 heavy (non-hydrogen) atoms. The van der Waals surface area contributed by atoms with Crippen molar-refractivity contribution in [2.24, 2.45) is 11.7 Å². The number of hydrogen-bond acceptors (Lipinski definition) is 3. The second kappa shape index (κ2) is 7.71. The van der Waals surface area contributed by atoms with Crippen LogP contribution in [0.25, 0.3) is 0 Å². The van der Waals surface area contributed by atoms with E-state index in [1.165, 1.54) is 4.90 Å². The number of nitrogens with zero attached hydrogens (tertiary/aromatic N) is 1. The number of rotatable bonds is 4. The number of carbonyl (C=O) groups excluding carboxylic acids is 2. The number of amides is 2. The Kier molecular flexibility index (Phi) is 6.71. The fourth-order valence-corrected chi connectivity index (χ4v) is 2.68. The number of nitrogens with one attached hydrogen (secondary N) is 1. The first-order valence-corrected chi connectivity index (χ1v) is 7.77. The van der Waals surface area contributed by atoms with E-state index in [0.29, 0.717) is 35.2 Å². The zero-order chi connectivity index (χ0) is 16.5. The van der Waals surface area contributed by atoms with Gasteiger partial charge < -0.3 is 16.0 Å². The number of carbonyl (C=O) groups is 2. The highest BCUT2D eigenvalue weighted by Crippen LogP contribution is 2.33. The van der Waals surface area contributed by atoms with E-state index in [0.717, 1.165) is 0 Å². The minimum Gasteiger partial charge on any atom is -0.354 e. The Hall–Kier alpha value is -1.01. The number of nitrogens with two attached hydrogens (primary N) is 1. The Morgan fingerprint density at radius 1 is 1.43 bits per heavy atom. The van der Waals surface area contributed by atoms with Crippen LogP contribution in [0, 0.1) is 5.92 Å². The summed E-state index contributed by atoms with van der Waals surface area (Å²) in [5.41, 5.74) is 5.84. The Balaban J connectivity index is 0.00000264. The lowest BCUT2D eigenvalue weighted by Gasteiger charge is -2.21. The van der Waals surface area contributed by atoms with Crippen LogP contribution in [0.5, 0.6) is 0 Å². The highest BCUT2D eigenvalue weighted by atomic mass is 35.5. The molecule has 1 aromatic rings. The summed E-state index contributed by atoms with van der Waals surface area (Å²) in [5.74, 6) is -1.28. The molecule has 5 nitrogen and oxygen atoms in total. The van der Waals surface area contributed by atoms with Gasteiger partial charge in [-0.15, -0.1) is 12.4 Å². The summed E-state index contributed by atoms with van der Waals surface area (Å²) < 4.78 is 0. The molecule has 128 valence electrons. The van der Waals surface area contributed by atoms with Gasteiger partial charge >= 0.3 is 0 Å². The van der Waals surface area contributed by atoms with E-state index in [9.17, 15) is 9.59 Å². The molecule has 1 fully saturated rings. The zero-order valence-corrected chi connectivity index (χ0v) is 15.3. The molecule has 0 spiro atoms. The zero-order valence-electron chi connectivity index (χ0n) is 12.9. The second-order valence-electron chi connectivity index (χ2n) is 6.13. The first-order valence-electron chi connectivity index (χ1n) is 7.02. The van der Waals surface area contributed by atoms with Gasteiger partial charge in [0.25, 0.3) is 0 Å². The second-order valence-corrected chi connectivity index (χ2v) is 6.98. The Morgan fingerprint density at radius 3 is 2.70 bits per heavy atom. The molecule has 1 aliphatic rings. The smallest absolute Gasteiger partial charge is 0.239 e. The molecule has 3 N–H and O–H groups in total. The van der Waals surface area contributed by atoms with Crippen molar-refractivity contribution in [1.29, 1.82) is 0 Å². The molecule has 0 aromatic heterocycles. The summed E-state index contributed by atoms with van der Waals surface area (Å²) in [4.78, 5) is 26.1. The van der Waals surface area contributed by atoms with Crippen molar-refractivity contribution in [3.05, 3.63) is 28.2 Å². The molecular weight excluding hydrogens is 361 g/mol. The molecule has 1 aromatic carbocycles. The van der Waals surface area contributed by atoms with Crippen molar-refractivity contribution in [3.8, 4) is 0 Å². The van der Waals surface area contributed by atoms with Crippen molar-refractivity contribution >= 4 is 53.1 Å². The van der Waals surface area contributed by atoms with Crippen LogP contribution in [-0.2, 0) is 9.59 Å². The standard InChI is InChI=1S/C15H19Cl2N3O2.ClH/c1-15(2,18)8-19-13(21)10-5-6-20(14(10)22)12-7-9(16)3-4-11(12)17;/h3-4,7,10H,5-6,8,18H2,1-2H3,(H,19,21);1H. The van der Waals surface area contributed by atoms with Crippen LogP contribution in [0.4, 0.5) is 5.69 Å². The van der Waals surface area contributed by atoms with Crippen LogP contribution in [-0.4, -0.2) is 30.4 Å². The number of benzene rings is 1. The summed E-state index contributed by atoms with van der Waals surface area (Å²) in [7, 11) is 0. The van der Waals surface area contributed by atoms with Crippen LogP contribution < -0.4 is 16.0 Å². The molecule has 0 aliphatic carbocycles. The average molecular weight is 381 g/mol. The molecule has 1 atom stereocenters. The van der Waals surface area contributed by atoms with Crippen molar-refractivity contribution in [2.45, 2.75) is 25.8 Å². The fraction of sp³-hybridized carbons (Fsp3) is 0.467. The van der Waals surface area contributed by atoms with Gasteiger partial charge in [-0.25, -0.2) is 0 Å². The monoisotopic (exact) mass is 379 g/mol. The summed E-state index contributed by atoms with van der Waals surface area (Å²) in [6.45, 7) is 4.36. The fourth-order valence-electron chi connectivity index (χ4n) is 2.29. The highest BCUT2D eigenvalue weighted by Gasteiger charge is 2.38. The predicted octanol–water partition coefficient (Wildman–Crippen LogP) is 2.62. The molecule has 1 heterocycles. The number of anilines is 1. The molecule has 1 aliphatic heterocycles. The average Bonchev–Trinajstić information content (AvgIpc) is 2.80. The first-order chi connectivity index (χ1) is 10.2. The molecule has 1 saturated heterocycles. The molecule has 8 heteroatoms. The summed E-state index contributed by atoms with van der Waals surface area (Å²) in [6, 6.07) is 4.92. The van der Waals surface area contributed by atoms with Gasteiger partial charge in [-0.1, -0.05) is 23.2 Å². The van der Waals surface area contributed by atoms with Gasteiger partial charge in [0, 0.05) is 23.7 Å². The maximum absolute atomic E-state index is 12.5. The van der Waals surface area contributed by atoms with Crippen molar-refractivity contribution in [3.63, 3.8) is 0 Å². The highest BCUT2D eigenvalue weighted by molar-refractivity contribution is 6.36. The number of halogens is 3. The molecule has 0 radical (unpaired) electrons. The van der Waals surface area contributed by atoms with Crippen LogP contribution in [0.3, 0.4) is 0 Å². The summed E-state index contributed by atoms with van der Waals surface area (Å²) in [6.07, 6.45) is 0.443. The Bertz CT molecular complexity index is 602. The topological polar surface area (TPSA) is 75.4 Å². The number of hydrogen-bond donors (Lipinski definition) is 2. The maximum atomic E-state index is 12.5. The minimum atomic E-state index is -0.711. The molecule has 2 amide bonds. The summed E-state index contributed by atoms with van der Waals surface area (Å²) in [5, 5.41) is 3.65. The van der Waals surface area contributed by atoms with Gasteiger partial charge in [-0.2, -0.15) is 0 Å². The van der Waals surface area contributed by atoms with Gasteiger partial charge in [0.1, 0.15) is 5.92 Å². The Labute approximate surface area is 151 Å². The van der Waals surface area contributed by atoms with E-state index in [2.05, 4.69) is 5.32 Å². The van der Waals surface area contributed by atoms with E-state index in [-0.39, 0.29) is 24.2 Å². The van der Waals surface area contributed by atoms with Crippen LogP contribution in [0.1, 0.15) is 20.3 Å². The lowest BCUT2D eigenvalue weighted by Crippen LogP contribution is -2.47. The van der Waals surface area contributed by atoms with Crippen molar-refractivity contribution in [2.75, 3.05) is 18.0 Å². The Morgan fingerprint density at radius 2 is 2.09 bits per heavy atom. The maximum Gasteiger partial charge on any atom is 0.239 e. The molecule has 0 bridgehead atoms. The molecular formula is C15H20Cl3N3O2. The van der Waals surface area contributed by atoms with Crippen LogP contribution in [0.2, 0.25) is 10.0 Å². The van der Waals surface area contributed by atoms with Crippen LogP contribution in [0.15, 0.2) is 18.2 Å². The third kappa shape index (κ3) is 4.98. The third-order valence-electron chi connectivity index (χ3n) is 3.44. The lowest BCUT2D eigenvalue weighted by atomic mass is 10.0.